The molecule has 12 heavy (non-hydrogen) atoms. The van der Waals surface area contributed by atoms with E-state index in [0.717, 1.165) is 22.3 Å². The van der Waals surface area contributed by atoms with E-state index in [0.29, 0.717) is 0 Å². The van der Waals surface area contributed by atoms with Crippen molar-refractivity contribution in [1.29, 1.82) is 0 Å². The first-order valence-electron chi connectivity index (χ1n) is 3.75. The van der Waals surface area contributed by atoms with Gasteiger partial charge in [-0.2, -0.15) is 0 Å². The van der Waals surface area contributed by atoms with Crippen molar-refractivity contribution in [3.05, 3.63) is 30.1 Å². The van der Waals surface area contributed by atoms with Gasteiger partial charge in [-0.3, -0.25) is 9.97 Å². The number of nitrogens with two attached hydrogens (primary N) is 1. The van der Waals surface area contributed by atoms with Gasteiger partial charge in [-0.25, -0.2) is 0 Å². The van der Waals surface area contributed by atoms with Gasteiger partial charge < -0.3 is 5.73 Å². The second-order valence-electron chi connectivity index (χ2n) is 2.72. The van der Waals surface area contributed by atoms with Crippen molar-refractivity contribution >= 4 is 16.7 Å². The van der Waals surface area contributed by atoms with Crippen LogP contribution in [0.3, 0.4) is 0 Å². The molecule has 0 saturated carbocycles. The summed E-state index contributed by atoms with van der Waals surface area (Å²) in [5, 5.41) is 0. The van der Waals surface area contributed by atoms with Crippen molar-refractivity contribution < 1.29 is 0 Å². The zero-order valence-electron chi connectivity index (χ0n) is 6.78. The van der Waals surface area contributed by atoms with Crippen LogP contribution in [0.2, 0.25) is 0 Å². The Kier molecular flexibility index (Phi) is 1.43. The Balaban J connectivity index is 2.91. The van der Waals surface area contributed by atoms with E-state index in [1.54, 1.807) is 12.4 Å². The molecule has 0 atom stereocenters. The number of hydrogen-bond donors (Lipinski definition) is 1. The summed E-state index contributed by atoms with van der Waals surface area (Å²) >= 11 is 0. The van der Waals surface area contributed by atoms with E-state index in [1.165, 1.54) is 0 Å². The lowest BCUT2D eigenvalue weighted by atomic mass is 10.2. The Morgan fingerprint density at radius 2 is 1.92 bits per heavy atom. The summed E-state index contributed by atoms with van der Waals surface area (Å²) < 4.78 is 0. The average Bonchev–Trinajstić information content (AvgIpc) is 2.12. The van der Waals surface area contributed by atoms with E-state index in [2.05, 4.69) is 9.97 Å². The number of benzene rings is 1. The number of aryl methyl sites for hydroxylation is 1. The molecule has 0 fully saturated rings. The zero-order valence-corrected chi connectivity index (χ0v) is 6.78. The molecule has 2 aromatic rings. The van der Waals surface area contributed by atoms with Gasteiger partial charge in [0.25, 0.3) is 0 Å². The molecule has 1 aromatic carbocycles. The standard InChI is InChI=1S/C9H9N3/c1-6-2-3-7-9(8(6)10)12-5-4-11-7/h2-5H,10H2,1H3. The molecule has 0 bridgehead atoms. The molecule has 1 heterocycles. The van der Waals surface area contributed by atoms with Gasteiger partial charge >= 0.3 is 0 Å². The highest BCUT2D eigenvalue weighted by Gasteiger charge is 2.00. The minimum atomic E-state index is 0.723. The molecule has 1 aromatic heterocycles. The van der Waals surface area contributed by atoms with Crippen LogP contribution in [0, 0.1) is 6.92 Å². The van der Waals surface area contributed by atoms with Gasteiger partial charge in [0, 0.05) is 12.4 Å². The van der Waals surface area contributed by atoms with Crippen LogP contribution in [0.4, 0.5) is 5.69 Å². The molecule has 60 valence electrons. The van der Waals surface area contributed by atoms with Crippen LogP contribution >= 0.6 is 0 Å². The summed E-state index contributed by atoms with van der Waals surface area (Å²) in [4.78, 5) is 8.29. The number of rotatable bonds is 0. The number of nitrogen functional groups attached to an aromatic ring is 1. The number of fused-ring (bicyclic) bond motifs is 1. The van der Waals surface area contributed by atoms with Gasteiger partial charge in [0.1, 0.15) is 5.52 Å². The largest absolute Gasteiger partial charge is 0.397 e. The molecule has 0 radical (unpaired) electrons. The quantitative estimate of drug-likeness (QED) is 0.593. The van der Waals surface area contributed by atoms with Crippen LogP contribution in [-0.2, 0) is 0 Å². The average molecular weight is 159 g/mol. The Hall–Kier alpha value is -1.64. The van der Waals surface area contributed by atoms with Crippen LogP contribution < -0.4 is 5.73 Å². The van der Waals surface area contributed by atoms with Crippen molar-refractivity contribution in [2.75, 3.05) is 5.73 Å². The molecule has 0 amide bonds. The third-order valence-corrected chi connectivity index (χ3v) is 1.90. The molecule has 0 aliphatic carbocycles. The van der Waals surface area contributed by atoms with Gasteiger partial charge in [0.2, 0.25) is 0 Å². The third-order valence-electron chi connectivity index (χ3n) is 1.90. The topological polar surface area (TPSA) is 51.8 Å². The lowest BCUT2D eigenvalue weighted by molar-refractivity contribution is 1.29. The lowest BCUT2D eigenvalue weighted by Crippen LogP contribution is -1.93. The van der Waals surface area contributed by atoms with Crippen LogP contribution in [0.25, 0.3) is 11.0 Å². The normalized spacial score (nSPS) is 10.4. The molecule has 3 heteroatoms. The molecule has 3 nitrogen and oxygen atoms in total. The van der Waals surface area contributed by atoms with Crippen LogP contribution in [0.1, 0.15) is 5.56 Å². The Bertz CT molecular complexity index is 423. The maximum atomic E-state index is 5.82. The van der Waals surface area contributed by atoms with Crippen molar-refractivity contribution in [2.45, 2.75) is 6.92 Å². The summed E-state index contributed by atoms with van der Waals surface area (Å²) in [5.41, 5.74) is 9.22. The first kappa shape index (κ1) is 7.03. The van der Waals surface area contributed by atoms with E-state index in [1.807, 2.05) is 19.1 Å². The highest BCUT2D eigenvalue weighted by molar-refractivity contribution is 5.87. The first-order chi connectivity index (χ1) is 5.79. The summed E-state index contributed by atoms with van der Waals surface area (Å²) in [5.74, 6) is 0. The van der Waals surface area contributed by atoms with E-state index >= 15 is 0 Å². The van der Waals surface area contributed by atoms with Crippen molar-refractivity contribution in [3.63, 3.8) is 0 Å². The van der Waals surface area contributed by atoms with E-state index in [9.17, 15) is 0 Å². The molecule has 2 N–H and O–H groups in total. The highest BCUT2D eigenvalue weighted by Crippen LogP contribution is 2.19. The first-order valence-corrected chi connectivity index (χ1v) is 3.75. The van der Waals surface area contributed by atoms with E-state index < -0.39 is 0 Å². The van der Waals surface area contributed by atoms with E-state index in [4.69, 9.17) is 5.73 Å². The van der Waals surface area contributed by atoms with Gasteiger partial charge in [-0.05, 0) is 18.6 Å². The third kappa shape index (κ3) is 0.906. The summed E-state index contributed by atoms with van der Waals surface area (Å²) in [6.07, 6.45) is 3.31. The Morgan fingerprint density at radius 3 is 2.75 bits per heavy atom. The molecule has 0 unspecified atom stereocenters. The minimum absolute atomic E-state index is 0.723. The summed E-state index contributed by atoms with van der Waals surface area (Å²) in [6.45, 7) is 1.96. The van der Waals surface area contributed by atoms with Crippen molar-refractivity contribution in [1.82, 2.24) is 9.97 Å². The van der Waals surface area contributed by atoms with Gasteiger partial charge in [-0.1, -0.05) is 6.07 Å². The summed E-state index contributed by atoms with van der Waals surface area (Å²) in [6, 6.07) is 3.88. The second kappa shape index (κ2) is 2.44. The Morgan fingerprint density at radius 1 is 1.17 bits per heavy atom. The molecular weight excluding hydrogens is 150 g/mol. The Labute approximate surface area is 70.3 Å². The molecule has 0 aliphatic rings. The van der Waals surface area contributed by atoms with Gasteiger partial charge in [-0.15, -0.1) is 0 Å². The fourth-order valence-corrected chi connectivity index (χ4v) is 1.16. The predicted molar refractivity (Wildman–Crippen MR) is 48.7 cm³/mol. The van der Waals surface area contributed by atoms with Crippen molar-refractivity contribution in [3.8, 4) is 0 Å². The fraction of sp³-hybridized carbons (Fsp3) is 0.111. The SMILES string of the molecule is Cc1ccc2nccnc2c1N. The number of anilines is 1. The second-order valence-corrected chi connectivity index (χ2v) is 2.72. The fourth-order valence-electron chi connectivity index (χ4n) is 1.16. The number of nitrogens with zero attached hydrogens (tertiary/aromatic N) is 2. The van der Waals surface area contributed by atoms with Crippen LogP contribution in [0.15, 0.2) is 24.5 Å². The lowest BCUT2D eigenvalue weighted by Gasteiger charge is -2.02. The predicted octanol–water partition coefficient (Wildman–Crippen LogP) is 1.52. The molecule has 0 aliphatic heterocycles. The summed E-state index contributed by atoms with van der Waals surface area (Å²) in [7, 11) is 0. The highest BCUT2D eigenvalue weighted by atomic mass is 14.8. The molecular formula is C9H9N3. The monoisotopic (exact) mass is 159 g/mol. The molecule has 0 spiro atoms. The van der Waals surface area contributed by atoms with Gasteiger partial charge in [0.15, 0.2) is 0 Å². The van der Waals surface area contributed by atoms with E-state index in [-0.39, 0.29) is 0 Å². The maximum Gasteiger partial charge on any atom is 0.112 e. The zero-order chi connectivity index (χ0) is 8.55. The number of aromatic nitrogens is 2. The van der Waals surface area contributed by atoms with Crippen molar-refractivity contribution in [2.24, 2.45) is 0 Å². The van der Waals surface area contributed by atoms with Crippen LogP contribution in [0.5, 0.6) is 0 Å². The van der Waals surface area contributed by atoms with Gasteiger partial charge in [0.05, 0.1) is 11.2 Å². The maximum absolute atomic E-state index is 5.82. The van der Waals surface area contributed by atoms with Crippen LogP contribution in [-0.4, -0.2) is 9.97 Å². The molecule has 2 rings (SSSR count). The number of hydrogen-bond acceptors (Lipinski definition) is 3. The minimum Gasteiger partial charge on any atom is -0.397 e. The molecule has 0 saturated heterocycles. The smallest absolute Gasteiger partial charge is 0.112 e.